The third kappa shape index (κ3) is 8.59. The minimum atomic E-state index is -1.02. The van der Waals surface area contributed by atoms with Crippen molar-refractivity contribution >= 4 is 23.8 Å². The third-order valence-electron chi connectivity index (χ3n) is 9.55. The summed E-state index contributed by atoms with van der Waals surface area (Å²) in [6, 6.07) is 14.6. The highest BCUT2D eigenvalue weighted by Gasteiger charge is 2.41. The summed E-state index contributed by atoms with van der Waals surface area (Å²) < 4.78 is 11.4. The van der Waals surface area contributed by atoms with E-state index in [1.54, 1.807) is 11.9 Å². The topological polar surface area (TPSA) is 123 Å². The van der Waals surface area contributed by atoms with Crippen LogP contribution in [0.25, 0.3) is 11.1 Å². The van der Waals surface area contributed by atoms with Gasteiger partial charge >= 0.3 is 12.1 Å². The van der Waals surface area contributed by atoms with Crippen molar-refractivity contribution in [2.75, 3.05) is 27.9 Å². The van der Waals surface area contributed by atoms with E-state index in [2.05, 4.69) is 12.1 Å². The third-order valence-corrected chi connectivity index (χ3v) is 9.55. The van der Waals surface area contributed by atoms with E-state index >= 15 is 0 Å². The zero-order chi connectivity index (χ0) is 35.0. The minimum Gasteiger partial charge on any atom is -0.481 e. The van der Waals surface area contributed by atoms with Gasteiger partial charge in [-0.3, -0.25) is 19.2 Å². The van der Waals surface area contributed by atoms with Crippen molar-refractivity contribution in [3.8, 4) is 11.1 Å². The number of hydroxylamine groups is 2. The van der Waals surface area contributed by atoms with Gasteiger partial charge < -0.3 is 19.5 Å². The number of nitrogens with zero attached hydrogens (tertiary/aromatic N) is 2. The Bertz CT molecular complexity index is 1350. The van der Waals surface area contributed by atoms with Crippen LogP contribution in [-0.2, 0) is 28.7 Å². The first-order valence-electron chi connectivity index (χ1n) is 16.5. The molecule has 10 nitrogen and oxygen atoms in total. The number of methoxy groups -OCH3 is 1. The van der Waals surface area contributed by atoms with Crippen LogP contribution in [0.5, 0.6) is 0 Å². The van der Waals surface area contributed by atoms with Gasteiger partial charge in [0.1, 0.15) is 12.6 Å². The van der Waals surface area contributed by atoms with E-state index < -0.39 is 36.2 Å². The van der Waals surface area contributed by atoms with Crippen molar-refractivity contribution < 1.29 is 38.6 Å². The number of Topliss-reactive ketones (excluding diaryl/α,β-unsaturated/α-hetero) is 1. The smallest absolute Gasteiger partial charge is 0.434 e. The van der Waals surface area contributed by atoms with Crippen LogP contribution in [0.1, 0.15) is 77.8 Å². The molecule has 1 N–H and O–H groups in total. The summed E-state index contributed by atoms with van der Waals surface area (Å²) in [5, 5.41) is 10.5. The molecule has 0 saturated carbocycles. The lowest BCUT2D eigenvalue weighted by molar-refractivity contribution is -0.165. The fraction of sp³-hybridized carbons (Fsp3) is 0.568. The van der Waals surface area contributed by atoms with Crippen LogP contribution in [-0.4, -0.2) is 84.9 Å². The molecule has 0 fully saturated rings. The average Bonchev–Trinajstić information content (AvgIpc) is 3.36. The second-order valence-electron chi connectivity index (χ2n) is 13.2. The Balaban J connectivity index is 1.80. The van der Waals surface area contributed by atoms with Crippen LogP contribution in [0.2, 0.25) is 0 Å². The molecule has 0 heterocycles. The van der Waals surface area contributed by atoms with Crippen LogP contribution < -0.4 is 0 Å². The molecule has 0 radical (unpaired) electrons. The van der Waals surface area contributed by atoms with Gasteiger partial charge in [-0.25, -0.2) is 4.79 Å². The van der Waals surface area contributed by atoms with Gasteiger partial charge in [-0.2, -0.15) is 5.06 Å². The Kier molecular flexibility index (Phi) is 13.5. The summed E-state index contributed by atoms with van der Waals surface area (Å²) in [6.07, 6.45) is -1.19. The minimum absolute atomic E-state index is 0.0577. The number of ether oxygens (including phenoxy) is 2. The van der Waals surface area contributed by atoms with E-state index in [9.17, 15) is 24.3 Å². The highest BCUT2D eigenvalue weighted by atomic mass is 16.7. The summed E-state index contributed by atoms with van der Waals surface area (Å²) in [5.74, 6) is -3.12. The number of rotatable bonds is 17. The Morgan fingerprint density at radius 3 is 1.85 bits per heavy atom. The van der Waals surface area contributed by atoms with Gasteiger partial charge in [0, 0.05) is 32.4 Å². The predicted molar refractivity (Wildman–Crippen MR) is 180 cm³/mol. The van der Waals surface area contributed by atoms with E-state index in [1.165, 1.54) is 14.2 Å². The first-order valence-corrected chi connectivity index (χ1v) is 16.5. The molecule has 1 aliphatic rings. The molecule has 1 aliphatic carbocycles. The number of ketones is 1. The van der Waals surface area contributed by atoms with Crippen molar-refractivity contribution in [2.45, 2.75) is 84.9 Å². The van der Waals surface area contributed by atoms with Crippen LogP contribution in [0.3, 0.4) is 0 Å². The van der Waals surface area contributed by atoms with Gasteiger partial charge in [0.05, 0.1) is 25.7 Å². The lowest BCUT2D eigenvalue weighted by Gasteiger charge is -2.39. The number of fused-ring (bicyclic) bond motifs is 3. The average molecular weight is 653 g/mol. The SMILES string of the molecule is CC[C@H](C)[C@@H]([C@@H](CC(=O)O)OC)N(C)C(=O)[C@@H](CC(=O)C(C(C)C)N(OC)C(=O)OCC1c2ccccc2-c2ccccc21)C(C)C. The zero-order valence-corrected chi connectivity index (χ0v) is 29.3. The number of hydrogen-bond donors (Lipinski definition) is 1. The normalized spacial score (nSPS) is 15.7. The second-order valence-corrected chi connectivity index (χ2v) is 13.2. The Labute approximate surface area is 279 Å². The summed E-state index contributed by atoms with van der Waals surface area (Å²) >= 11 is 0. The number of carbonyl (C=O) groups excluding carboxylic acids is 3. The molecule has 2 aromatic carbocycles. The highest BCUT2D eigenvalue weighted by Crippen LogP contribution is 2.44. The molecule has 0 bridgehead atoms. The number of amides is 2. The largest absolute Gasteiger partial charge is 0.481 e. The molecule has 2 aromatic rings. The lowest BCUT2D eigenvalue weighted by atomic mass is 9.84. The molecule has 0 aliphatic heterocycles. The number of carboxylic acid groups (broad SMARTS) is 1. The van der Waals surface area contributed by atoms with E-state index in [4.69, 9.17) is 14.3 Å². The first-order chi connectivity index (χ1) is 22.3. The van der Waals surface area contributed by atoms with Gasteiger partial charge in [-0.05, 0) is 40.0 Å². The van der Waals surface area contributed by atoms with Crippen LogP contribution in [0.4, 0.5) is 4.79 Å². The Morgan fingerprint density at radius 1 is 0.851 bits per heavy atom. The van der Waals surface area contributed by atoms with Crippen LogP contribution in [0.15, 0.2) is 48.5 Å². The fourth-order valence-electron chi connectivity index (χ4n) is 6.84. The number of carbonyl (C=O) groups is 4. The number of likely N-dealkylation sites (N-methyl/N-ethyl adjacent to an activating group) is 1. The van der Waals surface area contributed by atoms with Crippen molar-refractivity contribution in [3.63, 3.8) is 0 Å². The first kappa shape index (κ1) is 37.7. The molecule has 2 amide bonds. The summed E-state index contributed by atoms with van der Waals surface area (Å²) in [5.41, 5.74) is 4.35. The van der Waals surface area contributed by atoms with Gasteiger partial charge in [0.15, 0.2) is 5.78 Å². The quantitative estimate of drug-likeness (QED) is 0.194. The molecule has 0 saturated heterocycles. The molecule has 258 valence electrons. The van der Waals surface area contributed by atoms with Crippen molar-refractivity contribution in [1.29, 1.82) is 0 Å². The van der Waals surface area contributed by atoms with Crippen molar-refractivity contribution in [2.24, 2.45) is 23.7 Å². The molecular weight excluding hydrogens is 600 g/mol. The van der Waals surface area contributed by atoms with E-state index in [-0.39, 0.29) is 54.8 Å². The molecule has 47 heavy (non-hydrogen) atoms. The molecule has 1 unspecified atom stereocenters. The van der Waals surface area contributed by atoms with Crippen LogP contribution in [0, 0.1) is 23.7 Å². The summed E-state index contributed by atoms with van der Waals surface area (Å²) in [7, 11) is 4.42. The molecule has 3 rings (SSSR count). The maximum absolute atomic E-state index is 14.0. The number of benzene rings is 2. The molecule has 0 aromatic heterocycles. The molecule has 10 heteroatoms. The van der Waals surface area contributed by atoms with E-state index in [0.29, 0.717) is 6.42 Å². The molecule has 0 spiro atoms. The predicted octanol–water partition coefficient (Wildman–Crippen LogP) is 6.42. The fourth-order valence-corrected chi connectivity index (χ4v) is 6.84. The zero-order valence-electron chi connectivity index (χ0n) is 29.3. The number of carboxylic acids is 1. The summed E-state index contributed by atoms with van der Waals surface area (Å²) in [4.78, 5) is 60.2. The van der Waals surface area contributed by atoms with Gasteiger partial charge in [-0.1, -0.05) is 96.5 Å². The molecular formula is C37H52N2O8. The second kappa shape index (κ2) is 16.9. The monoisotopic (exact) mass is 652 g/mol. The summed E-state index contributed by atoms with van der Waals surface area (Å²) in [6.45, 7) is 11.4. The number of aliphatic carboxylic acids is 1. The lowest BCUT2D eigenvalue weighted by Crippen LogP contribution is -2.53. The maximum atomic E-state index is 14.0. The Morgan fingerprint density at radius 2 is 1.40 bits per heavy atom. The van der Waals surface area contributed by atoms with Crippen molar-refractivity contribution in [1.82, 2.24) is 9.96 Å². The maximum Gasteiger partial charge on any atom is 0.434 e. The van der Waals surface area contributed by atoms with Gasteiger partial charge in [0.2, 0.25) is 5.91 Å². The standard InChI is InChI=1S/C37H52N2O8/c1-10-24(6)35(32(45-8)20-33(41)42)38(7)36(43)29(22(2)3)19-31(40)34(23(4)5)39(46-9)37(44)47-21-30-27-17-13-11-15-25(27)26-16-12-14-18-28(26)30/h11-18,22-24,29-30,32,34-35H,10,19-21H2,1-9H3,(H,41,42)/t24-,29-,32+,34?,35-/m0/s1. The van der Waals surface area contributed by atoms with Gasteiger partial charge in [0.25, 0.3) is 0 Å². The van der Waals surface area contributed by atoms with E-state index in [0.717, 1.165) is 27.3 Å². The Hall–Kier alpha value is -3.76. The van der Waals surface area contributed by atoms with Crippen LogP contribution >= 0.6 is 0 Å². The van der Waals surface area contributed by atoms with Crippen molar-refractivity contribution in [3.05, 3.63) is 59.7 Å². The number of hydrogen-bond acceptors (Lipinski definition) is 7. The van der Waals surface area contributed by atoms with E-state index in [1.807, 2.05) is 77.9 Å². The molecule has 5 atom stereocenters. The van der Waals surface area contributed by atoms with Gasteiger partial charge in [-0.15, -0.1) is 0 Å². The highest BCUT2D eigenvalue weighted by molar-refractivity contribution is 5.92.